The number of carbonyl (C=O) groups excluding carboxylic acids is 2. The van der Waals surface area contributed by atoms with Crippen molar-refractivity contribution in [1.82, 2.24) is 5.32 Å². The summed E-state index contributed by atoms with van der Waals surface area (Å²) in [5.41, 5.74) is 0.190. The van der Waals surface area contributed by atoms with Crippen LogP contribution >= 0.6 is 0 Å². The van der Waals surface area contributed by atoms with E-state index in [-0.39, 0.29) is 23.8 Å². The van der Waals surface area contributed by atoms with Crippen LogP contribution in [0, 0.1) is 0 Å². The number of para-hydroxylation sites is 1. The summed E-state index contributed by atoms with van der Waals surface area (Å²) in [7, 11) is -2.23. The molecule has 0 unspecified atom stereocenters. The largest absolute Gasteiger partial charge is 0.493 e. The zero-order valence-electron chi connectivity index (χ0n) is 18.9. The maximum Gasteiger partial charge on any atom is 0.408 e. The first-order valence-corrected chi connectivity index (χ1v) is 13.1. The number of ether oxygens (including phenoxy) is 2. The summed E-state index contributed by atoms with van der Waals surface area (Å²) in [5.74, 6) is 0.553. The lowest BCUT2D eigenvalue weighted by Gasteiger charge is -2.35. The van der Waals surface area contributed by atoms with Gasteiger partial charge < -0.3 is 19.6 Å². The summed E-state index contributed by atoms with van der Waals surface area (Å²) in [6.45, 7) is 13.9. The number of hydrogen-bond donors (Lipinski definition) is 2. The molecule has 1 aromatic carbocycles. The molecule has 0 saturated carbocycles. The first-order chi connectivity index (χ1) is 13.2. The van der Waals surface area contributed by atoms with Gasteiger partial charge in [-0.15, -0.1) is 0 Å². The first-order valence-electron chi connectivity index (χ1n) is 10.1. The Morgan fingerprint density at radius 3 is 2.31 bits per heavy atom. The van der Waals surface area contributed by atoms with Crippen LogP contribution in [0.1, 0.15) is 53.0 Å². The lowest BCUT2D eigenvalue weighted by atomic mass is 10.1. The average molecular weight is 424 g/mol. The van der Waals surface area contributed by atoms with E-state index in [2.05, 4.69) is 19.2 Å². The Bertz CT molecular complexity index is 689. The number of ketones is 1. The number of rotatable bonds is 10. The molecular weight excluding hydrogens is 386 g/mol. The standard InChI is InChI=1S/C22H37NO5Si/c1-21(2,3)28-20(25)23-16-18(24)15-17-11-8-9-12-19(17)27-14-10-13-22(4,5)29(6,7)26/h8-9,11-12,26H,10,13-16H2,1-7H3,(H,23,25). The van der Waals surface area contributed by atoms with Crippen LogP contribution in [0.15, 0.2) is 24.3 Å². The summed E-state index contributed by atoms with van der Waals surface area (Å²) in [5, 5.41) is 2.41. The van der Waals surface area contributed by atoms with Crippen LogP contribution < -0.4 is 10.1 Å². The molecule has 0 radical (unpaired) electrons. The zero-order valence-corrected chi connectivity index (χ0v) is 19.9. The number of amides is 1. The molecule has 1 rings (SSSR count). The summed E-state index contributed by atoms with van der Waals surface area (Å²) >= 11 is 0. The van der Waals surface area contributed by atoms with Crippen molar-refractivity contribution < 1.29 is 23.9 Å². The van der Waals surface area contributed by atoms with Gasteiger partial charge in [0.1, 0.15) is 11.4 Å². The Hall–Kier alpha value is -1.86. The second-order valence-electron chi connectivity index (χ2n) is 9.57. The van der Waals surface area contributed by atoms with Crippen LogP contribution in [-0.4, -0.2) is 43.7 Å². The summed E-state index contributed by atoms with van der Waals surface area (Å²) in [4.78, 5) is 34.3. The van der Waals surface area contributed by atoms with Crippen LogP contribution in [0.2, 0.25) is 18.1 Å². The van der Waals surface area contributed by atoms with E-state index in [9.17, 15) is 14.4 Å². The maximum absolute atomic E-state index is 12.3. The second-order valence-corrected chi connectivity index (χ2v) is 14.0. The lowest BCUT2D eigenvalue weighted by molar-refractivity contribution is -0.117. The molecule has 0 aromatic heterocycles. The molecule has 0 fully saturated rings. The predicted octanol–water partition coefficient (Wildman–Crippen LogP) is 4.46. The number of carbonyl (C=O) groups is 2. The van der Waals surface area contributed by atoms with Crippen LogP contribution in [-0.2, 0) is 16.0 Å². The smallest absolute Gasteiger partial charge is 0.408 e. The highest BCUT2D eigenvalue weighted by Gasteiger charge is 2.37. The van der Waals surface area contributed by atoms with Crippen molar-refractivity contribution in [2.45, 2.75) is 77.6 Å². The molecule has 0 aliphatic heterocycles. The number of hydrogen-bond acceptors (Lipinski definition) is 5. The van der Waals surface area contributed by atoms with Crippen molar-refractivity contribution in [2.24, 2.45) is 0 Å². The van der Waals surface area contributed by atoms with Crippen molar-refractivity contribution in [3.63, 3.8) is 0 Å². The van der Waals surface area contributed by atoms with Crippen molar-refractivity contribution in [1.29, 1.82) is 0 Å². The minimum absolute atomic E-state index is 0.0842. The fraction of sp³-hybridized carbons (Fsp3) is 0.636. The van der Waals surface area contributed by atoms with Crippen LogP contribution in [0.5, 0.6) is 5.75 Å². The lowest BCUT2D eigenvalue weighted by Crippen LogP contribution is -2.39. The maximum atomic E-state index is 12.3. The molecule has 0 atom stereocenters. The van der Waals surface area contributed by atoms with Gasteiger partial charge in [0, 0.05) is 12.0 Å². The third-order valence-electron chi connectivity index (χ3n) is 5.05. The van der Waals surface area contributed by atoms with Gasteiger partial charge in [0.2, 0.25) is 0 Å². The molecule has 0 heterocycles. The van der Waals surface area contributed by atoms with Crippen LogP contribution in [0.25, 0.3) is 0 Å². The molecule has 2 N–H and O–H groups in total. The third kappa shape index (κ3) is 9.45. The Morgan fingerprint density at radius 2 is 1.72 bits per heavy atom. The molecule has 1 aromatic rings. The van der Waals surface area contributed by atoms with Gasteiger partial charge in [-0.05, 0) is 57.8 Å². The molecular formula is C22H37NO5Si. The van der Waals surface area contributed by atoms with E-state index < -0.39 is 20.0 Å². The van der Waals surface area contributed by atoms with Crippen LogP contribution in [0.3, 0.4) is 0 Å². The Morgan fingerprint density at radius 1 is 1.10 bits per heavy atom. The molecule has 0 aliphatic rings. The molecule has 164 valence electrons. The fourth-order valence-corrected chi connectivity index (χ4v) is 3.34. The average Bonchev–Trinajstić information content (AvgIpc) is 2.55. The molecule has 0 bridgehead atoms. The Balaban J connectivity index is 2.53. The molecule has 0 aliphatic carbocycles. The third-order valence-corrected chi connectivity index (χ3v) is 8.61. The van der Waals surface area contributed by atoms with Crippen molar-refractivity contribution in [3.05, 3.63) is 29.8 Å². The highest BCUT2D eigenvalue weighted by molar-refractivity contribution is 6.72. The van der Waals surface area contributed by atoms with Gasteiger partial charge in [-0.2, -0.15) is 0 Å². The predicted molar refractivity (Wildman–Crippen MR) is 118 cm³/mol. The number of benzene rings is 1. The monoisotopic (exact) mass is 423 g/mol. The minimum atomic E-state index is -2.23. The normalized spacial score (nSPS) is 12.4. The van der Waals surface area contributed by atoms with Gasteiger partial charge in [-0.1, -0.05) is 32.0 Å². The van der Waals surface area contributed by atoms with Gasteiger partial charge in [0.25, 0.3) is 0 Å². The summed E-state index contributed by atoms with van der Waals surface area (Å²) in [6.07, 6.45) is 1.28. The Labute approximate surface area is 176 Å². The van der Waals surface area contributed by atoms with Crippen molar-refractivity contribution >= 4 is 20.2 Å². The Kier molecular flexibility index (Phi) is 8.90. The van der Waals surface area contributed by atoms with E-state index in [1.807, 2.05) is 37.4 Å². The topological polar surface area (TPSA) is 84.9 Å². The number of nitrogens with one attached hydrogen (secondary N) is 1. The summed E-state index contributed by atoms with van der Waals surface area (Å²) in [6, 6.07) is 7.43. The van der Waals surface area contributed by atoms with Crippen molar-refractivity contribution in [2.75, 3.05) is 13.2 Å². The van der Waals surface area contributed by atoms with E-state index in [4.69, 9.17) is 9.47 Å². The first kappa shape index (κ1) is 25.2. The summed E-state index contributed by atoms with van der Waals surface area (Å²) < 4.78 is 11.0. The van der Waals surface area contributed by atoms with Gasteiger partial charge in [-0.25, -0.2) is 4.79 Å². The second kappa shape index (κ2) is 10.3. The van der Waals surface area contributed by atoms with Crippen LogP contribution in [0.4, 0.5) is 4.79 Å². The van der Waals surface area contributed by atoms with Crippen molar-refractivity contribution in [3.8, 4) is 5.75 Å². The van der Waals surface area contributed by atoms with Gasteiger partial charge in [0.05, 0.1) is 13.2 Å². The SMILES string of the molecule is CC(C)(C)OC(=O)NCC(=O)Cc1ccccc1OCCCC(C)(C)[Si](C)(C)O. The molecule has 1 amide bonds. The van der Waals surface area contributed by atoms with E-state index in [0.717, 1.165) is 18.4 Å². The quantitative estimate of drug-likeness (QED) is 0.429. The van der Waals surface area contributed by atoms with Gasteiger partial charge >= 0.3 is 6.09 Å². The zero-order chi connectivity index (χ0) is 22.3. The highest BCUT2D eigenvalue weighted by atomic mass is 28.4. The van der Waals surface area contributed by atoms with Gasteiger partial charge in [-0.3, -0.25) is 4.79 Å². The van der Waals surface area contributed by atoms with E-state index >= 15 is 0 Å². The molecule has 29 heavy (non-hydrogen) atoms. The molecule has 6 nitrogen and oxygen atoms in total. The highest BCUT2D eigenvalue weighted by Crippen LogP contribution is 2.39. The van der Waals surface area contributed by atoms with E-state index in [0.29, 0.717) is 12.4 Å². The fourth-order valence-electron chi connectivity index (χ4n) is 2.55. The van der Waals surface area contributed by atoms with Gasteiger partial charge in [0.15, 0.2) is 14.1 Å². The van der Waals surface area contributed by atoms with E-state index in [1.54, 1.807) is 20.8 Å². The number of Topliss-reactive ketones (excluding diaryl/α,β-unsaturated/α-hetero) is 1. The van der Waals surface area contributed by atoms with E-state index in [1.165, 1.54) is 0 Å². The molecule has 0 saturated heterocycles. The minimum Gasteiger partial charge on any atom is -0.493 e. The number of alkyl carbamates (subject to hydrolysis) is 1. The molecule has 7 heteroatoms. The molecule has 0 spiro atoms.